The van der Waals surface area contributed by atoms with E-state index in [0.29, 0.717) is 171 Å². The monoisotopic (exact) mass is 908 g/mol. The number of nitrogens with zero attached hydrogens (tertiary/aromatic N) is 1. The average Bonchev–Trinajstić information content (AvgIpc) is 3.23. The van der Waals surface area contributed by atoms with Crippen molar-refractivity contribution in [2.24, 2.45) is 0 Å². The van der Waals surface area contributed by atoms with Crippen LogP contribution >= 0.6 is 0 Å². The zero-order chi connectivity index (χ0) is 44.1. The summed E-state index contributed by atoms with van der Waals surface area (Å²) in [5, 5.41) is 0. The maximum atomic E-state index is 12.7. The van der Waals surface area contributed by atoms with Crippen LogP contribution in [0, 0.1) is 0 Å². The van der Waals surface area contributed by atoms with E-state index in [1.54, 1.807) is 7.11 Å². The third-order valence-electron chi connectivity index (χ3n) is 8.26. The second-order valence-corrected chi connectivity index (χ2v) is 18.3. The van der Waals surface area contributed by atoms with Crippen molar-refractivity contribution in [1.29, 1.82) is 0 Å². The predicted octanol–water partition coefficient (Wildman–Crippen LogP) is 3.88. The molecule has 0 unspecified atom stereocenters. The first kappa shape index (κ1) is 59.3. The zero-order valence-corrected chi connectivity index (χ0v) is 40.5. The van der Waals surface area contributed by atoms with Gasteiger partial charge >= 0.3 is 23.6 Å². The van der Waals surface area contributed by atoms with Gasteiger partial charge in [0.05, 0.1) is 119 Å². The van der Waals surface area contributed by atoms with Gasteiger partial charge in [-0.2, -0.15) is 0 Å². The van der Waals surface area contributed by atoms with E-state index in [9.17, 15) is 4.79 Å². The van der Waals surface area contributed by atoms with Crippen LogP contribution in [0.3, 0.4) is 0 Å². The van der Waals surface area contributed by atoms with Gasteiger partial charge in [-0.1, -0.05) is 0 Å². The summed E-state index contributed by atoms with van der Waals surface area (Å²) in [5.74, 6) is -0.267. The lowest BCUT2D eigenvalue weighted by Crippen LogP contribution is -2.47. The molecule has 0 aromatic heterocycles. The Morgan fingerprint density at radius 3 is 0.917 bits per heavy atom. The molecule has 360 valence electrons. The third-order valence-corrected chi connectivity index (χ3v) is 14.6. The molecular weight excluding hydrogens is 823 g/mol. The first-order valence-corrected chi connectivity index (χ1v) is 26.1. The molecule has 0 aliphatic carbocycles. The van der Waals surface area contributed by atoms with E-state index in [4.69, 9.17) is 73.9 Å². The Morgan fingerprint density at radius 1 is 0.383 bits per heavy atom. The van der Waals surface area contributed by atoms with Crippen LogP contribution in [0.5, 0.6) is 0 Å². The van der Waals surface area contributed by atoms with E-state index in [1.807, 2.05) is 41.5 Å². The van der Waals surface area contributed by atoms with Crippen molar-refractivity contribution in [3.8, 4) is 0 Å². The van der Waals surface area contributed by atoms with Gasteiger partial charge in [-0.25, -0.2) is 0 Å². The minimum Gasteiger partial charge on any atom is -0.463 e. The summed E-state index contributed by atoms with van der Waals surface area (Å²) < 4.78 is 90.6. The molecule has 0 atom stereocenters. The van der Waals surface area contributed by atoms with Crippen molar-refractivity contribution in [2.45, 2.75) is 72.9 Å². The van der Waals surface area contributed by atoms with Gasteiger partial charge in [0.15, 0.2) is 0 Å². The molecule has 60 heavy (non-hydrogen) atoms. The van der Waals surface area contributed by atoms with Crippen LogP contribution in [0.4, 0.5) is 0 Å². The van der Waals surface area contributed by atoms with E-state index in [1.165, 1.54) is 0 Å². The summed E-state index contributed by atoms with van der Waals surface area (Å²) in [6, 6.07) is 1.39. The van der Waals surface area contributed by atoms with Gasteiger partial charge in [0, 0.05) is 65.4 Å². The van der Waals surface area contributed by atoms with Crippen LogP contribution < -0.4 is 0 Å². The number of hydrogen-bond acceptors (Lipinski definition) is 18. The Kier molecular flexibility index (Phi) is 44.3. The largest absolute Gasteiger partial charge is 0.500 e. The number of ether oxygens (including phenoxy) is 10. The number of carbonyl (C=O) groups excluding carboxylic acids is 1. The van der Waals surface area contributed by atoms with Crippen LogP contribution in [-0.2, 0) is 78.7 Å². The molecule has 18 nitrogen and oxygen atoms in total. The maximum absolute atomic E-state index is 12.7. The molecule has 0 radical (unpaired) electrons. The second kappa shape index (κ2) is 44.9. The van der Waals surface area contributed by atoms with Crippen LogP contribution in [-0.4, -0.2) is 214 Å². The topological polar surface area (TPSA) is 168 Å². The van der Waals surface area contributed by atoms with Crippen molar-refractivity contribution in [3.63, 3.8) is 0 Å². The lowest BCUT2D eigenvalue weighted by atomic mass is 10.3. The summed E-state index contributed by atoms with van der Waals surface area (Å²) in [5.41, 5.74) is 0. The summed E-state index contributed by atoms with van der Waals surface area (Å²) in [7, 11) is -3.91. The minimum atomic E-state index is -2.77. The van der Waals surface area contributed by atoms with Gasteiger partial charge in [-0.15, -0.1) is 0 Å². The lowest BCUT2D eigenvalue weighted by molar-refractivity contribution is -0.145. The average molecular weight is 908 g/mol. The molecule has 0 N–H and O–H groups in total. The van der Waals surface area contributed by atoms with E-state index < -0.39 is 17.6 Å². The Balaban J connectivity index is 4.15. The fourth-order valence-electron chi connectivity index (χ4n) is 5.70. The third kappa shape index (κ3) is 35.7. The van der Waals surface area contributed by atoms with E-state index in [-0.39, 0.29) is 19.0 Å². The Morgan fingerprint density at radius 2 is 0.650 bits per heavy atom. The van der Waals surface area contributed by atoms with Gasteiger partial charge in [0.1, 0.15) is 6.61 Å². The van der Waals surface area contributed by atoms with E-state index in [0.717, 1.165) is 25.9 Å². The van der Waals surface area contributed by atoms with Crippen LogP contribution in [0.1, 0.15) is 60.8 Å². The van der Waals surface area contributed by atoms with Gasteiger partial charge < -0.3 is 78.8 Å². The van der Waals surface area contributed by atoms with Crippen molar-refractivity contribution in [3.05, 3.63) is 0 Å². The molecule has 0 aromatic rings. The molecule has 0 rings (SSSR count). The van der Waals surface area contributed by atoms with Gasteiger partial charge in [0.2, 0.25) is 0 Å². The normalized spacial score (nSPS) is 12.3. The summed E-state index contributed by atoms with van der Waals surface area (Å²) >= 11 is 0. The van der Waals surface area contributed by atoms with Gasteiger partial charge in [-0.05, 0) is 67.5 Å². The molecule has 0 heterocycles. The van der Waals surface area contributed by atoms with Crippen molar-refractivity contribution < 1.29 is 78.7 Å². The highest BCUT2D eigenvalue weighted by Crippen LogP contribution is 2.21. The SMILES string of the molecule is CCO[Si](CCCN(CCC[Si](OCC)(OCC)OCC)CCC(=O)OCCOCCOCCOCCOCCOCCOCCOCCOCCOC)(OCC)OCC. The first-order valence-electron chi connectivity index (χ1n) is 22.2. The number of carbonyl (C=O) groups is 1. The second-order valence-electron chi connectivity index (χ2n) is 12.9. The van der Waals surface area contributed by atoms with Crippen LogP contribution in [0.15, 0.2) is 0 Å². The zero-order valence-electron chi connectivity index (χ0n) is 38.5. The fraction of sp³-hybridized carbons (Fsp3) is 0.975. The quantitative estimate of drug-likeness (QED) is 0.0490. The first-order chi connectivity index (χ1) is 29.4. The van der Waals surface area contributed by atoms with Crippen molar-refractivity contribution in [2.75, 3.05) is 185 Å². The Hall–Kier alpha value is -0.736. The minimum absolute atomic E-state index is 0.180. The van der Waals surface area contributed by atoms with Crippen molar-refractivity contribution >= 4 is 23.6 Å². The van der Waals surface area contributed by atoms with Gasteiger partial charge in [0.25, 0.3) is 0 Å². The highest BCUT2D eigenvalue weighted by Gasteiger charge is 2.41. The molecule has 0 saturated heterocycles. The number of esters is 1. The number of rotatable bonds is 50. The summed E-state index contributed by atoms with van der Waals surface area (Å²) in [6.07, 6.45) is 1.88. The number of hydrogen-bond donors (Lipinski definition) is 0. The number of methoxy groups -OCH3 is 1. The molecule has 0 fully saturated rings. The maximum Gasteiger partial charge on any atom is 0.500 e. The van der Waals surface area contributed by atoms with Crippen LogP contribution in [0.2, 0.25) is 12.1 Å². The van der Waals surface area contributed by atoms with E-state index >= 15 is 0 Å². The molecule has 0 aliphatic heterocycles. The molecule has 0 aromatic carbocycles. The molecule has 0 spiro atoms. The Labute approximate surface area is 364 Å². The lowest BCUT2D eigenvalue weighted by Gasteiger charge is -2.31. The van der Waals surface area contributed by atoms with Gasteiger partial charge in [-0.3, -0.25) is 4.79 Å². The molecule has 0 aliphatic rings. The molecule has 20 heteroatoms. The molecule has 0 bridgehead atoms. The molecular formula is C40H85NO17Si2. The summed E-state index contributed by atoms with van der Waals surface area (Å²) in [6.45, 7) is 25.4. The van der Waals surface area contributed by atoms with E-state index in [2.05, 4.69) is 4.90 Å². The molecule has 0 saturated carbocycles. The predicted molar refractivity (Wildman–Crippen MR) is 231 cm³/mol. The molecule has 0 amide bonds. The fourth-order valence-corrected chi connectivity index (χ4v) is 10.9. The summed E-state index contributed by atoms with van der Waals surface area (Å²) in [4.78, 5) is 15.0. The standard InChI is InChI=1S/C40H85NO17Si2/c1-8-53-59(54-9-2,55-10-3)38-14-17-41(18-15-39-60(56-11-4,57-12-5)58-13-6)19-16-40(42)52-37-36-51-35-34-50-33-32-49-31-30-48-29-28-47-27-26-46-25-24-45-23-22-44-21-20-43-7/h8-39H2,1-7H3. The highest BCUT2D eigenvalue weighted by molar-refractivity contribution is 6.61. The Bertz CT molecular complexity index is 839. The smallest absolute Gasteiger partial charge is 0.463 e. The highest BCUT2D eigenvalue weighted by atomic mass is 28.4. The van der Waals surface area contributed by atoms with Crippen molar-refractivity contribution in [1.82, 2.24) is 4.90 Å². The van der Waals surface area contributed by atoms with Crippen LogP contribution in [0.25, 0.3) is 0 Å².